The first-order chi connectivity index (χ1) is 8.31. The highest BCUT2D eigenvalue weighted by Crippen LogP contribution is 2.26. The van der Waals surface area contributed by atoms with Crippen LogP contribution in [-0.2, 0) is 4.74 Å². The summed E-state index contributed by atoms with van der Waals surface area (Å²) in [5, 5.41) is 3.13. The predicted molar refractivity (Wildman–Crippen MR) is 70.4 cm³/mol. The van der Waals surface area contributed by atoms with Crippen molar-refractivity contribution in [2.75, 3.05) is 31.7 Å². The third-order valence-corrected chi connectivity index (χ3v) is 3.75. The summed E-state index contributed by atoms with van der Waals surface area (Å²) in [5.41, 5.74) is 5.68. The lowest BCUT2D eigenvalue weighted by Gasteiger charge is -2.26. The normalized spacial score (nSPS) is 17.5. The molecule has 0 bridgehead atoms. The van der Waals surface area contributed by atoms with Gasteiger partial charge in [-0.05, 0) is 24.6 Å². The van der Waals surface area contributed by atoms with Crippen molar-refractivity contribution in [3.05, 3.63) is 23.8 Å². The Morgan fingerprint density at radius 2 is 2.18 bits per heavy atom. The number of fused-ring (bicyclic) bond motifs is 1. The Hall–Kier alpha value is -1.17. The van der Waals surface area contributed by atoms with Crippen LogP contribution in [-0.4, -0.2) is 36.3 Å². The van der Waals surface area contributed by atoms with E-state index in [1.54, 1.807) is 11.3 Å². The third kappa shape index (κ3) is 2.41. The van der Waals surface area contributed by atoms with Gasteiger partial charge in [0.15, 0.2) is 5.13 Å². The number of nitrogens with one attached hydrogen (secondary N) is 1. The molecular weight excluding hydrogens is 234 g/mol. The fraction of sp³-hybridized carbons (Fsp3) is 0.417. The van der Waals surface area contributed by atoms with E-state index in [0.717, 1.165) is 37.0 Å². The highest BCUT2D eigenvalue weighted by molar-refractivity contribution is 7.22. The lowest BCUT2D eigenvalue weighted by Crippen LogP contribution is -2.40. The Balaban J connectivity index is 1.80. The molecular formula is C12H15N3OS. The minimum absolute atomic E-state index is 0.789. The van der Waals surface area contributed by atoms with Crippen LogP contribution in [0.25, 0.3) is 10.2 Å². The lowest BCUT2D eigenvalue weighted by molar-refractivity contribution is 0.0497. The molecule has 1 N–H and O–H groups in total. The van der Waals surface area contributed by atoms with Crippen LogP contribution in [0.1, 0.15) is 5.56 Å². The van der Waals surface area contributed by atoms with Gasteiger partial charge in [-0.15, -0.1) is 0 Å². The monoisotopic (exact) mass is 249 g/mol. The summed E-state index contributed by atoms with van der Waals surface area (Å²) in [6.45, 7) is 5.49. The van der Waals surface area contributed by atoms with Crippen molar-refractivity contribution in [1.82, 2.24) is 9.99 Å². The van der Waals surface area contributed by atoms with E-state index < -0.39 is 0 Å². The zero-order valence-electron chi connectivity index (χ0n) is 9.77. The van der Waals surface area contributed by atoms with Gasteiger partial charge in [-0.1, -0.05) is 17.4 Å². The number of anilines is 1. The molecule has 1 saturated heterocycles. The van der Waals surface area contributed by atoms with Gasteiger partial charge in [0.1, 0.15) is 0 Å². The maximum atomic E-state index is 5.31. The van der Waals surface area contributed by atoms with Crippen LogP contribution < -0.4 is 5.43 Å². The van der Waals surface area contributed by atoms with Crippen molar-refractivity contribution in [3.8, 4) is 0 Å². The number of hydrogen-bond acceptors (Lipinski definition) is 5. The van der Waals surface area contributed by atoms with Crippen molar-refractivity contribution >= 4 is 26.7 Å². The van der Waals surface area contributed by atoms with E-state index in [9.17, 15) is 0 Å². The van der Waals surface area contributed by atoms with Gasteiger partial charge in [0.25, 0.3) is 0 Å². The molecule has 2 heterocycles. The number of hydrogen-bond donors (Lipinski definition) is 1. The van der Waals surface area contributed by atoms with Crippen LogP contribution in [0.5, 0.6) is 0 Å². The Kier molecular flexibility index (Phi) is 2.96. The van der Waals surface area contributed by atoms with Crippen LogP contribution in [0.4, 0.5) is 5.13 Å². The van der Waals surface area contributed by atoms with E-state index in [-0.39, 0.29) is 0 Å². The first-order valence-corrected chi connectivity index (χ1v) is 6.59. The van der Waals surface area contributed by atoms with Gasteiger partial charge in [-0.25, -0.2) is 9.99 Å². The molecule has 90 valence electrons. The lowest BCUT2D eigenvalue weighted by atomic mass is 10.2. The maximum Gasteiger partial charge on any atom is 0.198 e. The summed E-state index contributed by atoms with van der Waals surface area (Å²) in [7, 11) is 0. The summed E-state index contributed by atoms with van der Waals surface area (Å²) in [6, 6.07) is 6.38. The quantitative estimate of drug-likeness (QED) is 0.886. The second-order valence-corrected chi connectivity index (χ2v) is 5.23. The van der Waals surface area contributed by atoms with Gasteiger partial charge in [0.2, 0.25) is 0 Å². The summed E-state index contributed by atoms with van der Waals surface area (Å²) in [5.74, 6) is 0. The molecule has 1 aromatic carbocycles. The number of aromatic nitrogens is 1. The van der Waals surface area contributed by atoms with Gasteiger partial charge in [0.05, 0.1) is 23.4 Å². The maximum absolute atomic E-state index is 5.31. The van der Waals surface area contributed by atoms with Gasteiger partial charge in [-0.3, -0.25) is 5.43 Å². The molecule has 0 saturated carbocycles. The van der Waals surface area contributed by atoms with Crippen LogP contribution in [0.15, 0.2) is 18.2 Å². The number of benzene rings is 1. The molecule has 5 heteroatoms. The average Bonchev–Trinajstić information content (AvgIpc) is 2.71. The van der Waals surface area contributed by atoms with Crippen molar-refractivity contribution in [2.45, 2.75) is 6.92 Å². The number of thiazole rings is 1. The average molecular weight is 249 g/mol. The largest absolute Gasteiger partial charge is 0.379 e. The smallest absolute Gasteiger partial charge is 0.198 e. The summed E-state index contributed by atoms with van der Waals surface area (Å²) >= 11 is 1.69. The first-order valence-electron chi connectivity index (χ1n) is 5.78. The Labute approximate surface area is 104 Å². The summed E-state index contributed by atoms with van der Waals surface area (Å²) in [6.07, 6.45) is 0. The molecule has 1 fully saturated rings. The number of hydrazine groups is 1. The fourth-order valence-corrected chi connectivity index (χ4v) is 2.77. The van der Waals surface area contributed by atoms with Gasteiger partial charge in [0, 0.05) is 13.1 Å². The zero-order chi connectivity index (χ0) is 11.7. The van der Waals surface area contributed by atoms with E-state index in [1.807, 2.05) is 0 Å². The molecule has 0 amide bonds. The second kappa shape index (κ2) is 4.60. The second-order valence-electron chi connectivity index (χ2n) is 4.20. The van der Waals surface area contributed by atoms with Crippen molar-refractivity contribution in [2.24, 2.45) is 0 Å². The van der Waals surface area contributed by atoms with E-state index in [4.69, 9.17) is 4.74 Å². The Morgan fingerprint density at radius 3 is 3.00 bits per heavy atom. The van der Waals surface area contributed by atoms with Crippen molar-refractivity contribution in [3.63, 3.8) is 0 Å². The SMILES string of the molecule is Cc1ccc2sc(NN3CCOCC3)nc2c1. The van der Waals surface area contributed by atoms with E-state index >= 15 is 0 Å². The Bertz CT molecular complexity index is 519. The molecule has 4 nitrogen and oxygen atoms in total. The van der Waals surface area contributed by atoms with Crippen LogP contribution in [0.3, 0.4) is 0 Å². The molecule has 1 aromatic heterocycles. The molecule has 0 radical (unpaired) electrons. The van der Waals surface area contributed by atoms with Gasteiger partial charge < -0.3 is 4.74 Å². The minimum Gasteiger partial charge on any atom is -0.379 e. The van der Waals surface area contributed by atoms with Crippen molar-refractivity contribution in [1.29, 1.82) is 0 Å². The summed E-state index contributed by atoms with van der Waals surface area (Å²) < 4.78 is 6.54. The molecule has 1 aliphatic rings. The van der Waals surface area contributed by atoms with Crippen molar-refractivity contribution < 1.29 is 4.74 Å². The molecule has 0 atom stereocenters. The molecule has 2 aromatic rings. The van der Waals surface area contributed by atoms with E-state index in [2.05, 4.69) is 40.5 Å². The third-order valence-electron chi connectivity index (χ3n) is 2.81. The number of morpholine rings is 1. The van der Waals surface area contributed by atoms with E-state index in [0.29, 0.717) is 0 Å². The number of ether oxygens (including phenoxy) is 1. The van der Waals surface area contributed by atoms with Crippen LogP contribution in [0, 0.1) is 6.92 Å². The number of rotatable bonds is 2. The molecule has 3 rings (SSSR count). The van der Waals surface area contributed by atoms with Crippen LogP contribution >= 0.6 is 11.3 Å². The molecule has 0 unspecified atom stereocenters. The van der Waals surface area contributed by atoms with E-state index in [1.165, 1.54) is 10.3 Å². The standard InChI is InChI=1S/C12H15N3OS/c1-9-2-3-11-10(8-9)13-12(17-11)14-15-4-6-16-7-5-15/h2-3,8H,4-7H2,1H3,(H,13,14). The minimum atomic E-state index is 0.789. The van der Waals surface area contributed by atoms with Crippen LogP contribution in [0.2, 0.25) is 0 Å². The van der Waals surface area contributed by atoms with Gasteiger partial charge >= 0.3 is 0 Å². The Morgan fingerprint density at radius 1 is 1.35 bits per heavy atom. The molecule has 17 heavy (non-hydrogen) atoms. The molecule has 0 spiro atoms. The number of aryl methyl sites for hydroxylation is 1. The number of nitrogens with zero attached hydrogens (tertiary/aromatic N) is 2. The predicted octanol–water partition coefficient (Wildman–Crippen LogP) is 2.26. The zero-order valence-corrected chi connectivity index (χ0v) is 10.6. The topological polar surface area (TPSA) is 37.4 Å². The van der Waals surface area contributed by atoms with Gasteiger partial charge in [-0.2, -0.15) is 0 Å². The molecule has 0 aliphatic carbocycles. The molecule has 1 aliphatic heterocycles. The highest BCUT2D eigenvalue weighted by Gasteiger charge is 2.12. The fourth-order valence-electron chi connectivity index (χ4n) is 1.90. The first kappa shape index (κ1) is 11.0. The highest BCUT2D eigenvalue weighted by atomic mass is 32.1. The summed E-state index contributed by atoms with van der Waals surface area (Å²) in [4.78, 5) is 4.59.